The molecule has 1 aromatic carbocycles. The lowest BCUT2D eigenvalue weighted by molar-refractivity contribution is 0.657. The number of aromatic nitrogens is 1. The van der Waals surface area contributed by atoms with Crippen LogP contribution < -0.4 is 5.56 Å². The van der Waals surface area contributed by atoms with Crippen LogP contribution in [0.1, 0.15) is 42.1 Å². The molecular formula is C17H15N3O. The number of nitriles is 2. The smallest absolute Gasteiger partial charge is 0.268 e. The number of nitrogens with zero attached hydrogens (tertiary/aromatic N) is 3. The highest BCUT2D eigenvalue weighted by molar-refractivity contribution is 5.34. The average Bonchev–Trinajstić information content (AvgIpc) is 2.49. The van der Waals surface area contributed by atoms with Crippen LogP contribution in [0.5, 0.6) is 0 Å². The van der Waals surface area contributed by atoms with Crippen LogP contribution in [0.4, 0.5) is 0 Å². The van der Waals surface area contributed by atoms with Crippen LogP contribution in [0.2, 0.25) is 0 Å². The molecule has 0 radical (unpaired) electrons. The summed E-state index contributed by atoms with van der Waals surface area (Å²) in [5.41, 5.74) is 2.15. The van der Waals surface area contributed by atoms with E-state index in [1.54, 1.807) is 28.8 Å². The third-order valence-electron chi connectivity index (χ3n) is 3.32. The molecule has 21 heavy (non-hydrogen) atoms. The van der Waals surface area contributed by atoms with Crippen LogP contribution in [0, 0.1) is 22.7 Å². The van der Waals surface area contributed by atoms with Gasteiger partial charge in [0.1, 0.15) is 11.6 Å². The molecular weight excluding hydrogens is 262 g/mol. The lowest BCUT2D eigenvalue weighted by Gasteiger charge is -2.16. The molecule has 2 rings (SSSR count). The number of hydrogen-bond acceptors (Lipinski definition) is 3. The maximum absolute atomic E-state index is 12.4. The van der Waals surface area contributed by atoms with Gasteiger partial charge in [-0.3, -0.25) is 4.79 Å². The van der Waals surface area contributed by atoms with Gasteiger partial charge >= 0.3 is 0 Å². The first-order valence-electron chi connectivity index (χ1n) is 6.69. The van der Waals surface area contributed by atoms with Crippen LogP contribution in [0.25, 0.3) is 0 Å². The van der Waals surface area contributed by atoms with Crippen molar-refractivity contribution in [2.45, 2.75) is 26.3 Å². The van der Waals surface area contributed by atoms with E-state index < -0.39 is 0 Å². The lowest BCUT2D eigenvalue weighted by Crippen LogP contribution is -2.26. The Hall–Kier alpha value is -2.85. The second kappa shape index (κ2) is 6.07. The Morgan fingerprint density at radius 3 is 2.52 bits per heavy atom. The summed E-state index contributed by atoms with van der Waals surface area (Å²) in [6.45, 7) is 4.36. The van der Waals surface area contributed by atoms with E-state index in [1.165, 1.54) is 0 Å². The maximum atomic E-state index is 12.4. The molecule has 0 N–H and O–H groups in total. The summed E-state index contributed by atoms with van der Waals surface area (Å²) < 4.78 is 1.61. The van der Waals surface area contributed by atoms with Crippen LogP contribution in [0.15, 0.2) is 41.2 Å². The van der Waals surface area contributed by atoms with Gasteiger partial charge in [0.05, 0.1) is 18.2 Å². The monoisotopic (exact) mass is 277 g/mol. The first-order valence-corrected chi connectivity index (χ1v) is 6.69. The third-order valence-corrected chi connectivity index (χ3v) is 3.32. The zero-order chi connectivity index (χ0) is 15.4. The molecule has 0 amide bonds. The Balaban J connectivity index is 2.55. The maximum Gasteiger partial charge on any atom is 0.268 e. The van der Waals surface area contributed by atoms with Crippen molar-refractivity contribution < 1.29 is 0 Å². The Morgan fingerprint density at radius 2 is 1.90 bits per heavy atom. The van der Waals surface area contributed by atoms with Gasteiger partial charge in [0, 0.05) is 5.69 Å². The van der Waals surface area contributed by atoms with Crippen molar-refractivity contribution in [1.82, 2.24) is 4.57 Å². The minimum atomic E-state index is -0.286. The predicted molar refractivity (Wildman–Crippen MR) is 79.8 cm³/mol. The first kappa shape index (κ1) is 14.6. The van der Waals surface area contributed by atoms with Crippen molar-refractivity contribution in [3.63, 3.8) is 0 Å². The highest BCUT2D eigenvalue weighted by Crippen LogP contribution is 2.15. The van der Waals surface area contributed by atoms with E-state index in [0.29, 0.717) is 12.1 Å². The standard InChI is InChI=1S/C17H15N3O/c1-12(2)16-7-6-15(10-19)17(21)20(16)11-14-5-3-4-13(8-14)9-18/h3-8,12H,11H2,1-2H3. The zero-order valence-corrected chi connectivity index (χ0v) is 12.0. The summed E-state index contributed by atoms with van der Waals surface area (Å²) in [4.78, 5) is 12.4. The molecule has 4 nitrogen and oxygen atoms in total. The molecule has 1 heterocycles. The number of pyridine rings is 1. The van der Waals surface area contributed by atoms with Gasteiger partial charge in [0.25, 0.3) is 5.56 Å². The average molecular weight is 277 g/mol. The topological polar surface area (TPSA) is 69.6 Å². The summed E-state index contributed by atoms with van der Waals surface area (Å²) in [5.74, 6) is 0.171. The van der Waals surface area contributed by atoms with Gasteiger partial charge in [-0.1, -0.05) is 26.0 Å². The molecule has 104 valence electrons. The molecule has 0 saturated carbocycles. The summed E-state index contributed by atoms with van der Waals surface area (Å²) in [7, 11) is 0. The van der Waals surface area contributed by atoms with Gasteiger partial charge in [-0.05, 0) is 35.7 Å². The number of hydrogen-bond donors (Lipinski definition) is 0. The van der Waals surface area contributed by atoms with Crippen molar-refractivity contribution in [3.05, 3.63) is 69.1 Å². The quantitative estimate of drug-likeness (QED) is 0.866. The van der Waals surface area contributed by atoms with Gasteiger partial charge in [0.15, 0.2) is 0 Å². The van der Waals surface area contributed by atoms with Gasteiger partial charge in [-0.15, -0.1) is 0 Å². The van der Waals surface area contributed by atoms with Crippen LogP contribution >= 0.6 is 0 Å². The van der Waals surface area contributed by atoms with Crippen molar-refractivity contribution in [1.29, 1.82) is 10.5 Å². The van der Waals surface area contributed by atoms with E-state index in [4.69, 9.17) is 10.5 Å². The van der Waals surface area contributed by atoms with Crippen LogP contribution in [-0.4, -0.2) is 4.57 Å². The zero-order valence-electron chi connectivity index (χ0n) is 12.0. The minimum Gasteiger partial charge on any atom is -0.307 e. The second-order valence-electron chi connectivity index (χ2n) is 5.14. The van der Waals surface area contributed by atoms with Crippen molar-refractivity contribution in [2.24, 2.45) is 0 Å². The summed E-state index contributed by atoms with van der Waals surface area (Å²) in [6.07, 6.45) is 0. The van der Waals surface area contributed by atoms with E-state index in [2.05, 4.69) is 6.07 Å². The molecule has 0 saturated heterocycles. The van der Waals surface area contributed by atoms with E-state index in [0.717, 1.165) is 11.3 Å². The fraction of sp³-hybridized carbons (Fsp3) is 0.235. The first-order chi connectivity index (χ1) is 10.1. The van der Waals surface area contributed by atoms with Gasteiger partial charge in [-0.2, -0.15) is 10.5 Å². The molecule has 0 fully saturated rings. The molecule has 4 heteroatoms. The highest BCUT2D eigenvalue weighted by atomic mass is 16.1. The van der Waals surface area contributed by atoms with E-state index in [1.807, 2.05) is 32.0 Å². The Labute approximate surface area is 123 Å². The number of rotatable bonds is 3. The molecule has 0 aliphatic carbocycles. The van der Waals surface area contributed by atoms with Crippen molar-refractivity contribution in [2.75, 3.05) is 0 Å². The fourth-order valence-electron chi connectivity index (χ4n) is 2.27. The molecule has 0 atom stereocenters. The number of benzene rings is 1. The second-order valence-corrected chi connectivity index (χ2v) is 5.14. The molecule has 0 spiro atoms. The van der Waals surface area contributed by atoms with E-state index in [9.17, 15) is 4.79 Å². The van der Waals surface area contributed by atoms with Gasteiger partial charge < -0.3 is 4.57 Å². The Morgan fingerprint density at radius 1 is 1.14 bits per heavy atom. The molecule has 1 aromatic heterocycles. The highest BCUT2D eigenvalue weighted by Gasteiger charge is 2.12. The predicted octanol–water partition coefficient (Wildman–Crippen LogP) is 2.76. The van der Waals surface area contributed by atoms with Crippen LogP contribution in [0.3, 0.4) is 0 Å². The fourth-order valence-corrected chi connectivity index (χ4v) is 2.27. The van der Waals surface area contributed by atoms with Crippen molar-refractivity contribution in [3.8, 4) is 12.1 Å². The van der Waals surface area contributed by atoms with Gasteiger partial charge in [-0.25, -0.2) is 0 Å². The normalized spacial score (nSPS) is 10.1. The van der Waals surface area contributed by atoms with Crippen molar-refractivity contribution >= 4 is 0 Å². The molecule has 0 unspecified atom stereocenters. The SMILES string of the molecule is CC(C)c1ccc(C#N)c(=O)n1Cc1cccc(C#N)c1. The van der Waals surface area contributed by atoms with Crippen LogP contribution in [-0.2, 0) is 6.54 Å². The third kappa shape index (κ3) is 3.01. The molecule has 0 aliphatic rings. The molecule has 0 bridgehead atoms. The Kier molecular flexibility index (Phi) is 4.21. The molecule has 0 aliphatic heterocycles. The summed E-state index contributed by atoms with van der Waals surface area (Å²) >= 11 is 0. The lowest BCUT2D eigenvalue weighted by atomic mass is 10.1. The van der Waals surface area contributed by atoms with Gasteiger partial charge in [0.2, 0.25) is 0 Å². The Bertz CT molecular complexity index is 804. The summed E-state index contributed by atoms with van der Waals surface area (Å²) in [6, 6.07) is 14.5. The van der Waals surface area contributed by atoms with E-state index in [-0.39, 0.29) is 17.0 Å². The largest absolute Gasteiger partial charge is 0.307 e. The minimum absolute atomic E-state index is 0.135. The summed E-state index contributed by atoms with van der Waals surface area (Å²) in [5, 5.41) is 18.0. The molecule has 2 aromatic rings. The van der Waals surface area contributed by atoms with E-state index >= 15 is 0 Å².